The van der Waals surface area contributed by atoms with E-state index in [1.165, 1.54) is 7.11 Å². The molecule has 0 aliphatic rings. The van der Waals surface area contributed by atoms with E-state index in [2.05, 4.69) is 19.7 Å². The number of aryl methyl sites for hydroxylation is 2. The Morgan fingerprint density at radius 2 is 2.24 bits per heavy atom. The number of hydrogen-bond donors (Lipinski definition) is 2. The van der Waals surface area contributed by atoms with E-state index in [4.69, 9.17) is 0 Å². The fraction of sp³-hybridized carbons (Fsp3) is 0.333. The molecule has 0 saturated heterocycles. The van der Waals surface area contributed by atoms with Crippen molar-refractivity contribution >= 4 is 33.1 Å². The molecule has 0 aliphatic carbocycles. The van der Waals surface area contributed by atoms with Crippen LogP contribution in [0.5, 0.6) is 0 Å². The molecule has 21 heavy (non-hydrogen) atoms. The zero-order valence-electron chi connectivity index (χ0n) is 11.8. The van der Waals surface area contributed by atoms with Crippen LogP contribution >= 0.6 is 11.3 Å². The molecule has 2 heterocycles. The smallest absolute Gasteiger partial charge is 0.349 e. The van der Waals surface area contributed by atoms with Gasteiger partial charge in [-0.15, -0.1) is 11.3 Å². The van der Waals surface area contributed by atoms with E-state index in [9.17, 15) is 13.2 Å². The highest BCUT2D eigenvalue weighted by atomic mass is 32.2. The highest BCUT2D eigenvalue weighted by molar-refractivity contribution is 7.93. The monoisotopic (exact) mass is 329 g/mol. The van der Waals surface area contributed by atoms with Crippen molar-refractivity contribution in [2.24, 2.45) is 0 Å². The van der Waals surface area contributed by atoms with Crippen LogP contribution in [0.25, 0.3) is 0 Å². The zero-order valence-corrected chi connectivity index (χ0v) is 13.4. The topological polar surface area (TPSA) is 101 Å². The molecular formula is C12H15N3O4S2. The molecule has 0 spiro atoms. The summed E-state index contributed by atoms with van der Waals surface area (Å²) < 4.78 is 32.1. The van der Waals surface area contributed by atoms with Crippen LogP contribution in [0, 0.1) is 6.92 Å². The van der Waals surface area contributed by atoms with Gasteiger partial charge in [-0.25, -0.2) is 13.2 Å². The number of methoxy groups -OCH3 is 1. The first-order valence-electron chi connectivity index (χ1n) is 6.12. The molecule has 0 radical (unpaired) electrons. The van der Waals surface area contributed by atoms with Gasteiger partial charge in [-0.2, -0.15) is 5.10 Å². The van der Waals surface area contributed by atoms with Crippen LogP contribution in [-0.4, -0.2) is 31.7 Å². The molecule has 0 amide bonds. The minimum Gasteiger partial charge on any atom is -0.465 e. The number of nitrogens with zero attached hydrogens (tertiary/aromatic N) is 1. The Balaban J connectivity index is 2.45. The van der Waals surface area contributed by atoms with E-state index in [0.717, 1.165) is 16.9 Å². The van der Waals surface area contributed by atoms with E-state index >= 15 is 0 Å². The summed E-state index contributed by atoms with van der Waals surface area (Å²) in [7, 11) is -2.69. The average Bonchev–Trinajstić information content (AvgIpc) is 3.03. The van der Waals surface area contributed by atoms with Crippen LogP contribution < -0.4 is 4.72 Å². The molecule has 0 aromatic carbocycles. The summed E-state index contributed by atoms with van der Waals surface area (Å²) >= 11 is 1.04. The number of aromatic amines is 1. The average molecular weight is 329 g/mol. The van der Waals surface area contributed by atoms with Crippen molar-refractivity contribution in [1.82, 2.24) is 10.2 Å². The number of carbonyl (C=O) groups is 1. The lowest BCUT2D eigenvalue weighted by Crippen LogP contribution is -2.17. The third-order valence-electron chi connectivity index (χ3n) is 2.89. The van der Waals surface area contributed by atoms with Crippen LogP contribution in [0.4, 0.5) is 5.82 Å². The first kappa shape index (κ1) is 15.5. The lowest BCUT2D eigenvalue weighted by molar-refractivity contribution is 0.0602. The number of hydrogen-bond acceptors (Lipinski definition) is 6. The molecule has 2 N–H and O–H groups in total. The van der Waals surface area contributed by atoms with Crippen LogP contribution in [-0.2, 0) is 21.2 Å². The third-order valence-corrected chi connectivity index (χ3v) is 5.64. The second-order valence-corrected chi connectivity index (χ2v) is 6.80. The Hall–Kier alpha value is -1.87. The summed E-state index contributed by atoms with van der Waals surface area (Å²) in [6.07, 6.45) is 2.18. The summed E-state index contributed by atoms with van der Waals surface area (Å²) in [5, 5.41) is 8.02. The molecule has 2 rings (SSSR count). The van der Waals surface area contributed by atoms with Gasteiger partial charge < -0.3 is 4.74 Å². The summed E-state index contributed by atoms with van der Waals surface area (Å²) in [5.74, 6) is -0.368. The van der Waals surface area contributed by atoms with Gasteiger partial charge in [-0.1, -0.05) is 6.92 Å². The lowest BCUT2D eigenvalue weighted by Gasteiger charge is -2.09. The van der Waals surface area contributed by atoms with Gasteiger partial charge in [0.1, 0.15) is 15.6 Å². The van der Waals surface area contributed by atoms with Gasteiger partial charge in [0.15, 0.2) is 0 Å². The number of anilines is 1. The molecule has 114 valence electrons. The van der Waals surface area contributed by atoms with Crippen molar-refractivity contribution in [3.8, 4) is 0 Å². The number of esters is 1. The normalized spacial score (nSPS) is 11.4. The Kier molecular flexibility index (Phi) is 4.33. The third kappa shape index (κ3) is 2.93. The molecule has 2 aromatic rings. The number of ether oxygens (including phenoxy) is 1. The molecule has 9 heteroatoms. The fourth-order valence-electron chi connectivity index (χ4n) is 1.85. The maximum atomic E-state index is 12.5. The molecule has 0 bridgehead atoms. The number of thiophene rings is 1. The molecule has 0 aliphatic heterocycles. The Morgan fingerprint density at radius 3 is 2.86 bits per heavy atom. The summed E-state index contributed by atoms with van der Waals surface area (Å²) in [5.41, 5.74) is 1.23. The first-order chi connectivity index (χ1) is 9.90. The van der Waals surface area contributed by atoms with Gasteiger partial charge in [-0.3, -0.25) is 9.82 Å². The van der Waals surface area contributed by atoms with Gasteiger partial charge in [0.25, 0.3) is 10.0 Å². The van der Waals surface area contributed by atoms with Gasteiger partial charge >= 0.3 is 5.97 Å². The van der Waals surface area contributed by atoms with E-state index in [1.807, 2.05) is 6.92 Å². The number of sulfonamides is 1. The summed E-state index contributed by atoms with van der Waals surface area (Å²) in [4.78, 5) is 11.7. The maximum Gasteiger partial charge on any atom is 0.349 e. The fourth-order valence-corrected chi connectivity index (χ4v) is 4.62. The van der Waals surface area contributed by atoms with E-state index in [0.29, 0.717) is 17.8 Å². The largest absolute Gasteiger partial charge is 0.465 e. The summed E-state index contributed by atoms with van der Waals surface area (Å²) in [6, 6.07) is 0. The van der Waals surface area contributed by atoms with Crippen molar-refractivity contribution in [3.05, 3.63) is 27.6 Å². The van der Waals surface area contributed by atoms with Gasteiger partial charge in [0.05, 0.1) is 13.3 Å². The maximum absolute atomic E-state index is 12.5. The zero-order chi connectivity index (χ0) is 15.6. The Bertz CT molecular complexity index is 761. The Morgan fingerprint density at radius 1 is 1.52 bits per heavy atom. The Labute approximate surface area is 126 Å². The molecule has 0 saturated carbocycles. The predicted molar refractivity (Wildman–Crippen MR) is 79.2 cm³/mol. The van der Waals surface area contributed by atoms with Crippen LogP contribution in [0.2, 0.25) is 0 Å². The number of rotatable bonds is 5. The van der Waals surface area contributed by atoms with E-state index < -0.39 is 16.0 Å². The van der Waals surface area contributed by atoms with Crippen molar-refractivity contribution in [1.29, 1.82) is 0 Å². The van der Waals surface area contributed by atoms with Crippen LogP contribution in [0.15, 0.2) is 16.5 Å². The summed E-state index contributed by atoms with van der Waals surface area (Å²) in [6.45, 7) is 3.52. The minimum atomic E-state index is -3.90. The second-order valence-electron chi connectivity index (χ2n) is 4.30. The standard InChI is InChI=1S/C12H15N3O4S2/c1-4-8-5-13-14-11(8)15-21(17,18)10-7(2)6-20-9(10)12(16)19-3/h5-6H,4H2,1-3H3,(H2,13,14,15). The molecule has 7 nitrogen and oxygen atoms in total. The molecular weight excluding hydrogens is 314 g/mol. The van der Waals surface area contributed by atoms with Crippen LogP contribution in [0.3, 0.4) is 0 Å². The van der Waals surface area contributed by atoms with Gasteiger partial charge in [0, 0.05) is 5.56 Å². The number of nitrogens with one attached hydrogen (secondary N) is 2. The second kappa shape index (κ2) is 5.86. The molecule has 0 unspecified atom stereocenters. The predicted octanol–water partition coefficient (Wildman–Crippen LogP) is 1.93. The lowest BCUT2D eigenvalue weighted by atomic mass is 10.3. The van der Waals surface area contributed by atoms with E-state index in [-0.39, 0.29) is 9.77 Å². The first-order valence-corrected chi connectivity index (χ1v) is 8.48. The number of aromatic nitrogens is 2. The van der Waals surface area contributed by atoms with Crippen LogP contribution in [0.1, 0.15) is 27.7 Å². The van der Waals surface area contributed by atoms with Gasteiger partial charge in [0.2, 0.25) is 0 Å². The number of carbonyl (C=O) groups excluding carboxylic acids is 1. The SMILES string of the molecule is CCc1cn[nH]c1NS(=O)(=O)c1c(C)csc1C(=O)OC. The molecule has 0 fully saturated rings. The van der Waals surface area contributed by atoms with Crippen molar-refractivity contribution in [2.45, 2.75) is 25.2 Å². The van der Waals surface area contributed by atoms with Crippen molar-refractivity contribution in [2.75, 3.05) is 11.8 Å². The van der Waals surface area contributed by atoms with Crippen molar-refractivity contribution in [3.63, 3.8) is 0 Å². The highest BCUT2D eigenvalue weighted by Crippen LogP contribution is 2.29. The van der Waals surface area contributed by atoms with E-state index in [1.54, 1.807) is 18.5 Å². The molecule has 0 atom stereocenters. The number of H-pyrrole nitrogens is 1. The quantitative estimate of drug-likeness (QED) is 0.816. The van der Waals surface area contributed by atoms with Crippen molar-refractivity contribution < 1.29 is 17.9 Å². The minimum absolute atomic E-state index is 0.0556. The van der Waals surface area contributed by atoms with Gasteiger partial charge in [-0.05, 0) is 24.3 Å². The highest BCUT2D eigenvalue weighted by Gasteiger charge is 2.28. The molecule has 2 aromatic heterocycles.